The average molecular weight is 487 g/mol. The number of aldehydes is 1. The molecule has 0 unspecified atom stereocenters. The van der Waals surface area contributed by atoms with E-state index in [1.54, 1.807) is 24.3 Å². The van der Waals surface area contributed by atoms with Crippen LogP contribution < -0.4 is 20.1 Å². The van der Waals surface area contributed by atoms with Gasteiger partial charge in [0.05, 0.1) is 12.2 Å². The van der Waals surface area contributed by atoms with Crippen LogP contribution in [0.2, 0.25) is 0 Å². The predicted octanol–water partition coefficient (Wildman–Crippen LogP) is 4.19. The standard InChI is InChI=1S/C25H34N4O6/c1-4-5-11-33-21-7-6-8-22(19(21)14-30)34-15-24(31)27-23-13-20(28-29-23)17-9-10-18(12-17)35-25(32)26-16(2)3/h6-8,13-14,16-18H,4-5,9-12,15H2,1-3H3,(H,26,32)(H2,27,28,29,31)/t17-,18+/m0/s1. The highest BCUT2D eigenvalue weighted by atomic mass is 16.6. The molecule has 10 nitrogen and oxygen atoms in total. The molecule has 0 aliphatic heterocycles. The number of anilines is 1. The molecule has 1 heterocycles. The second-order valence-corrected chi connectivity index (χ2v) is 8.87. The first-order valence-corrected chi connectivity index (χ1v) is 12.1. The zero-order valence-corrected chi connectivity index (χ0v) is 20.5. The lowest BCUT2D eigenvalue weighted by atomic mass is 10.0. The summed E-state index contributed by atoms with van der Waals surface area (Å²) >= 11 is 0. The first-order valence-electron chi connectivity index (χ1n) is 12.1. The van der Waals surface area contributed by atoms with Crippen molar-refractivity contribution in [3.05, 3.63) is 35.5 Å². The first-order chi connectivity index (χ1) is 16.9. The van der Waals surface area contributed by atoms with Gasteiger partial charge in [0, 0.05) is 23.7 Å². The summed E-state index contributed by atoms with van der Waals surface area (Å²) in [5.74, 6) is 0.846. The minimum Gasteiger partial charge on any atom is -0.493 e. The largest absolute Gasteiger partial charge is 0.493 e. The Morgan fingerprint density at radius 1 is 1.23 bits per heavy atom. The quantitative estimate of drug-likeness (QED) is 0.303. The number of hydrogen-bond acceptors (Lipinski definition) is 7. The Hall–Kier alpha value is -3.56. The van der Waals surface area contributed by atoms with Gasteiger partial charge in [-0.1, -0.05) is 19.4 Å². The third kappa shape index (κ3) is 7.73. The van der Waals surface area contributed by atoms with Gasteiger partial charge < -0.3 is 24.8 Å². The molecule has 1 fully saturated rings. The van der Waals surface area contributed by atoms with Gasteiger partial charge in [0.1, 0.15) is 17.6 Å². The summed E-state index contributed by atoms with van der Waals surface area (Å²) in [6.45, 7) is 6.03. The van der Waals surface area contributed by atoms with Crippen LogP contribution in [-0.2, 0) is 9.53 Å². The van der Waals surface area contributed by atoms with Crippen LogP contribution in [0.5, 0.6) is 11.5 Å². The molecule has 2 amide bonds. The Morgan fingerprint density at radius 2 is 2.00 bits per heavy atom. The Morgan fingerprint density at radius 3 is 2.71 bits per heavy atom. The summed E-state index contributed by atoms with van der Waals surface area (Å²) in [6, 6.07) is 6.84. The van der Waals surface area contributed by atoms with E-state index in [2.05, 4.69) is 27.8 Å². The van der Waals surface area contributed by atoms with Crippen LogP contribution in [-0.4, -0.2) is 53.8 Å². The molecule has 10 heteroatoms. The fourth-order valence-corrected chi connectivity index (χ4v) is 3.90. The van der Waals surface area contributed by atoms with E-state index in [-0.39, 0.29) is 36.0 Å². The zero-order valence-electron chi connectivity index (χ0n) is 20.5. The van der Waals surface area contributed by atoms with Crippen molar-refractivity contribution >= 4 is 24.1 Å². The molecule has 0 spiro atoms. The maximum absolute atomic E-state index is 12.4. The van der Waals surface area contributed by atoms with Crippen molar-refractivity contribution in [1.29, 1.82) is 0 Å². The summed E-state index contributed by atoms with van der Waals surface area (Å²) < 4.78 is 16.7. The van der Waals surface area contributed by atoms with Gasteiger partial charge in [0.25, 0.3) is 5.91 Å². The molecule has 0 radical (unpaired) electrons. The van der Waals surface area contributed by atoms with Crippen LogP contribution in [0.4, 0.5) is 10.6 Å². The second kappa shape index (κ2) is 12.8. The number of aromatic nitrogens is 2. The van der Waals surface area contributed by atoms with E-state index in [9.17, 15) is 14.4 Å². The molecule has 0 saturated heterocycles. The van der Waals surface area contributed by atoms with Crippen molar-refractivity contribution in [3.63, 3.8) is 0 Å². The molecule has 35 heavy (non-hydrogen) atoms. The van der Waals surface area contributed by atoms with E-state index in [0.29, 0.717) is 30.9 Å². The van der Waals surface area contributed by atoms with Crippen molar-refractivity contribution in [2.75, 3.05) is 18.5 Å². The number of H-pyrrole nitrogens is 1. The maximum Gasteiger partial charge on any atom is 0.407 e. The number of rotatable bonds is 12. The molecular formula is C25H34N4O6. The molecule has 190 valence electrons. The van der Waals surface area contributed by atoms with Gasteiger partial charge in [0.15, 0.2) is 18.7 Å². The number of carbonyl (C=O) groups is 3. The van der Waals surface area contributed by atoms with Crippen LogP contribution in [0.1, 0.15) is 74.8 Å². The van der Waals surface area contributed by atoms with Crippen molar-refractivity contribution in [2.45, 2.75) is 70.9 Å². The Balaban J connectivity index is 1.49. The SMILES string of the molecule is CCCCOc1cccc(OCC(=O)Nc2cc([C@H]3CC[C@@H](OC(=O)NC(C)C)C3)[nH]n2)c1C=O. The number of nitrogens with zero attached hydrogens (tertiary/aromatic N) is 1. The maximum atomic E-state index is 12.4. The Kier molecular flexibility index (Phi) is 9.51. The van der Waals surface area contributed by atoms with E-state index >= 15 is 0 Å². The number of alkyl carbamates (subject to hydrolysis) is 1. The number of ether oxygens (including phenoxy) is 3. The van der Waals surface area contributed by atoms with Crippen LogP contribution in [0.25, 0.3) is 0 Å². The molecule has 1 aromatic heterocycles. The fourth-order valence-electron chi connectivity index (χ4n) is 3.90. The number of hydrogen-bond donors (Lipinski definition) is 3. The second-order valence-electron chi connectivity index (χ2n) is 8.87. The number of aromatic amines is 1. The van der Waals surface area contributed by atoms with Crippen LogP contribution in [0.15, 0.2) is 24.3 Å². The number of benzene rings is 1. The zero-order chi connectivity index (χ0) is 25.2. The lowest BCUT2D eigenvalue weighted by Crippen LogP contribution is -2.33. The third-order valence-electron chi connectivity index (χ3n) is 5.63. The van der Waals surface area contributed by atoms with E-state index in [1.807, 2.05) is 13.8 Å². The summed E-state index contributed by atoms with van der Waals surface area (Å²) in [7, 11) is 0. The summed E-state index contributed by atoms with van der Waals surface area (Å²) in [6.07, 6.45) is 4.27. The van der Waals surface area contributed by atoms with Gasteiger partial charge in [-0.05, 0) is 51.7 Å². The highest BCUT2D eigenvalue weighted by Crippen LogP contribution is 2.36. The average Bonchev–Trinajstić information content (AvgIpc) is 3.47. The molecule has 3 N–H and O–H groups in total. The minimum absolute atomic E-state index is 0.0237. The van der Waals surface area contributed by atoms with Crippen LogP contribution in [0.3, 0.4) is 0 Å². The molecule has 2 aromatic rings. The summed E-state index contributed by atoms with van der Waals surface area (Å²) in [5.41, 5.74) is 1.15. The molecule has 3 rings (SSSR count). The monoisotopic (exact) mass is 486 g/mol. The summed E-state index contributed by atoms with van der Waals surface area (Å²) in [5, 5.41) is 12.5. The fraction of sp³-hybridized carbons (Fsp3) is 0.520. The predicted molar refractivity (Wildman–Crippen MR) is 130 cm³/mol. The lowest BCUT2D eigenvalue weighted by Gasteiger charge is -2.14. The Labute approximate surface area is 205 Å². The van der Waals surface area contributed by atoms with Crippen LogP contribution >= 0.6 is 0 Å². The molecule has 1 saturated carbocycles. The van der Waals surface area contributed by atoms with Gasteiger partial charge >= 0.3 is 6.09 Å². The Bertz CT molecular complexity index is 1010. The highest BCUT2D eigenvalue weighted by Gasteiger charge is 2.30. The van der Waals surface area contributed by atoms with Gasteiger partial charge in [-0.25, -0.2) is 4.79 Å². The minimum atomic E-state index is -0.407. The third-order valence-corrected chi connectivity index (χ3v) is 5.63. The van der Waals surface area contributed by atoms with Gasteiger partial charge in [-0.2, -0.15) is 5.10 Å². The molecule has 1 aromatic carbocycles. The van der Waals surface area contributed by atoms with Crippen LogP contribution in [0, 0.1) is 0 Å². The number of nitrogens with one attached hydrogen (secondary N) is 3. The number of unbranched alkanes of at least 4 members (excludes halogenated alkanes) is 1. The van der Waals surface area contributed by atoms with Gasteiger partial charge in [-0.3, -0.25) is 14.7 Å². The topological polar surface area (TPSA) is 132 Å². The molecule has 2 atom stereocenters. The van der Waals surface area contributed by atoms with Crippen molar-refractivity contribution < 1.29 is 28.6 Å². The lowest BCUT2D eigenvalue weighted by molar-refractivity contribution is -0.118. The smallest absolute Gasteiger partial charge is 0.407 e. The molecule has 0 bridgehead atoms. The van der Waals surface area contributed by atoms with Crippen molar-refractivity contribution in [1.82, 2.24) is 15.5 Å². The summed E-state index contributed by atoms with van der Waals surface area (Å²) in [4.78, 5) is 35.8. The van der Waals surface area contributed by atoms with Gasteiger partial charge in [0.2, 0.25) is 0 Å². The highest BCUT2D eigenvalue weighted by molar-refractivity contribution is 5.91. The normalized spacial score (nSPS) is 17.1. The van der Waals surface area contributed by atoms with E-state index in [1.165, 1.54) is 0 Å². The number of amides is 2. The van der Waals surface area contributed by atoms with E-state index in [4.69, 9.17) is 14.2 Å². The van der Waals surface area contributed by atoms with E-state index < -0.39 is 12.0 Å². The van der Waals surface area contributed by atoms with Crippen molar-refractivity contribution in [2.24, 2.45) is 0 Å². The molecular weight excluding hydrogens is 452 g/mol. The molecule has 1 aliphatic carbocycles. The van der Waals surface area contributed by atoms with E-state index in [0.717, 1.165) is 31.4 Å². The molecule has 1 aliphatic rings. The number of carbonyl (C=O) groups excluding carboxylic acids is 3. The van der Waals surface area contributed by atoms with Crippen molar-refractivity contribution in [3.8, 4) is 11.5 Å². The first kappa shape index (κ1) is 26.1. The van der Waals surface area contributed by atoms with Gasteiger partial charge in [-0.15, -0.1) is 0 Å².